The van der Waals surface area contributed by atoms with Gasteiger partial charge in [0.25, 0.3) is 5.91 Å². The van der Waals surface area contributed by atoms with Gasteiger partial charge in [0.15, 0.2) is 6.10 Å². The molecule has 6 rings (SSSR count). The van der Waals surface area contributed by atoms with Crippen LogP contribution >= 0.6 is 11.6 Å². The van der Waals surface area contributed by atoms with Gasteiger partial charge >= 0.3 is 18.3 Å². The van der Waals surface area contributed by atoms with Crippen LogP contribution < -0.4 is 5.32 Å². The fourth-order valence-corrected chi connectivity index (χ4v) is 7.85. The molecule has 0 spiro atoms. The number of alkyl halides is 3. The van der Waals surface area contributed by atoms with Gasteiger partial charge in [-0.3, -0.25) is 4.79 Å². The number of hydrogen-bond acceptors (Lipinski definition) is 5. The van der Waals surface area contributed by atoms with Crippen LogP contribution in [0.5, 0.6) is 0 Å². The number of benzene rings is 2. The van der Waals surface area contributed by atoms with Crippen molar-refractivity contribution in [2.45, 2.75) is 82.2 Å². The third-order valence-electron chi connectivity index (χ3n) is 10.3. The first-order valence-corrected chi connectivity index (χ1v) is 17.4. The summed E-state index contributed by atoms with van der Waals surface area (Å²) in [5.74, 6) is -0.354. The number of piperidine rings is 3. The molecule has 0 aromatic heterocycles. The number of para-hydroxylation sites is 1. The molecule has 0 unspecified atom stereocenters. The Morgan fingerprint density at radius 2 is 1.54 bits per heavy atom. The second-order valence-corrected chi connectivity index (χ2v) is 13.7. The Bertz CT molecular complexity index is 1470. The van der Waals surface area contributed by atoms with E-state index in [-0.39, 0.29) is 24.4 Å². The van der Waals surface area contributed by atoms with Crippen molar-refractivity contribution >= 4 is 35.3 Å². The molecule has 2 aromatic rings. The average Bonchev–Trinajstić information content (AvgIpc) is 3.25. The second-order valence-electron chi connectivity index (χ2n) is 13.3. The van der Waals surface area contributed by atoms with Crippen LogP contribution in [0.15, 0.2) is 42.5 Å². The van der Waals surface area contributed by atoms with Crippen LogP contribution in [0.2, 0.25) is 5.02 Å². The predicted molar refractivity (Wildman–Crippen MR) is 176 cm³/mol. The molecule has 4 aliphatic heterocycles. The Morgan fingerprint density at radius 1 is 0.875 bits per heavy atom. The molecule has 0 bridgehead atoms. The lowest BCUT2D eigenvalue weighted by molar-refractivity contribution is -0.142. The van der Waals surface area contributed by atoms with E-state index in [0.717, 1.165) is 49.7 Å². The maximum atomic E-state index is 13.9. The number of anilines is 1. The molecule has 4 aliphatic rings. The molecule has 3 saturated heterocycles. The van der Waals surface area contributed by atoms with Gasteiger partial charge in [0.1, 0.15) is 0 Å². The van der Waals surface area contributed by atoms with E-state index < -0.39 is 29.0 Å². The Kier molecular flexibility index (Phi) is 10.7. The summed E-state index contributed by atoms with van der Waals surface area (Å²) < 4.78 is 46.0. The van der Waals surface area contributed by atoms with E-state index in [0.29, 0.717) is 57.2 Å². The number of carbonyl (C=O) groups excluding carboxylic acids is 3. The molecule has 2 aromatic carbocycles. The van der Waals surface area contributed by atoms with Gasteiger partial charge in [-0.25, -0.2) is 9.59 Å². The van der Waals surface area contributed by atoms with E-state index in [1.165, 1.54) is 31.4 Å². The fourth-order valence-electron chi connectivity index (χ4n) is 7.54. The average molecular weight is 690 g/mol. The molecule has 0 radical (unpaired) electrons. The number of amides is 4. The number of fused-ring (bicyclic) bond motifs is 1. The summed E-state index contributed by atoms with van der Waals surface area (Å²) in [7, 11) is 0. The molecule has 13 heteroatoms. The van der Waals surface area contributed by atoms with Crippen molar-refractivity contribution in [2.75, 3.05) is 51.1 Å². The van der Waals surface area contributed by atoms with Gasteiger partial charge in [-0.1, -0.05) is 42.3 Å². The molecule has 4 amide bonds. The number of nitrogens with zero attached hydrogens (tertiary/aromatic N) is 4. The topological polar surface area (TPSA) is 85.4 Å². The highest BCUT2D eigenvalue weighted by Gasteiger charge is 2.37. The molecule has 0 aliphatic carbocycles. The zero-order valence-electron chi connectivity index (χ0n) is 27.0. The zero-order chi connectivity index (χ0) is 33.8. The Balaban J connectivity index is 1.10. The van der Waals surface area contributed by atoms with Gasteiger partial charge in [0, 0.05) is 56.9 Å². The smallest absolute Gasteiger partial charge is 0.417 e. The SMILES string of the molecule is O=C(O[C@H](Cc1ccc(C(F)(F)F)c(Cl)c1)C(=O)N1CCC(N2CCCCC2)CC1)N1CCC(N2CCc3ccccc3NC2=O)CC1. The largest absolute Gasteiger partial charge is 0.436 e. The van der Waals surface area contributed by atoms with Crippen LogP contribution in [-0.2, 0) is 28.5 Å². The summed E-state index contributed by atoms with van der Waals surface area (Å²) in [6.07, 6.45) is 0.505. The standard InChI is InChI=1S/C35H43ClF3N5O4/c36-29-22-24(8-9-28(29)35(37,38)39)23-31(32(45)42-17-11-26(12-18-42)41-15-4-1-5-16-41)48-34(47)43-19-13-27(14-20-43)44-21-10-25-6-2-3-7-30(25)40-33(44)46/h2-3,6-9,22,26-27,31H,1,4-5,10-21,23H2,(H,40,46)/t31-/m1/s1. The molecule has 0 saturated carbocycles. The number of rotatable bonds is 6. The van der Waals surface area contributed by atoms with Crippen LogP contribution in [0, 0.1) is 0 Å². The minimum atomic E-state index is -4.61. The predicted octanol–water partition coefficient (Wildman–Crippen LogP) is 6.44. The lowest BCUT2D eigenvalue weighted by atomic mass is 9.98. The highest BCUT2D eigenvalue weighted by Crippen LogP contribution is 2.35. The summed E-state index contributed by atoms with van der Waals surface area (Å²) in [5, 5.41) is 2.53. The number of likely N-dealkylation sites (tertiary alicyclic amines) is 3. The van der Waals surface area contributed by atoms with E-state index in [2.05, 4.69) is 10.2 Å². The number of ether oxygens (including phenoxy) is 1. The first kappa shape index (κ1) is 34.4. The highest BCUT2D eigenvalue weighted by atomic mass is 35.5. The van der Waals surface area contributed by atoms with E-state index in [4.69, 9.17) is 16.3 Å². The Hall–Kier alpha value is -3.51. The Morgan fingerprint density at radius 3 is 2.23 bits per heavy atom. The van der Waals surface area contributed by atoms with Gasteiger partial charge in [-0.2, -0.15) is 13.2 Å². The monoisotopic (exact) mass is 689 g/mol. The van der Waals surface area contributed by atoms with Gasteiger partial charge in [0.2, 0.25) is 0 Å². The first-order valence-electron chi connectivity index (χ1n) is 17.1. The number of halogens is 4. The quantitative estimate of drug-likeness (QED) is 0.378. The zero-order valence-corrected chi connectivity index (χ0v) is 27.8. The van der Waals surface area contributed by atoms with Crippen molar-refractivity contribution in [3.05, 3.63) is 64.2 Å². The third kappa shape index (κ3) is 8.02. The van der Waals surface area contributed by atoms with Crippen molar-refractivity contribution in [3.8, 4) is 0 Å². The number of hydrogen-bond donors (Lipinski definition) is 1. The number of urea groups is 1. The molecule has 48 heavy (non-hydrogen) atoms. The Labute approximate surface area is 284 Å². The van der Waals surface area contributed by atoms with E-state index in [1.54, 1.807) is 9.80 Å². The first-order chi connectivity index (χ1) is 23.1. The summed E-state index contributed by atoms with van der Waals surface area (Å²) in [6, 6.07) is 11.3. The van der Waals surface area contributed by atoms with Gasteiger partial charge in [-0.05, 0) is 87.4 Å². The van der Waals surface area contributed by atoms with E-state index >= 15 is 0 Å². The number of nitrogens with one attached hydrogen (secondary N) is 1. The fraction of sp³-hybridized carbons (Fsp3) is 0.571. The van der Waals surface area contributed by atoms with Gasteiger partial charge < -0.3 is 29.7 Å². The third-order valence-corrected chi connectivity index (χ3v) is 10.6. The van der Waals surface area contributed by atoms with Crippen molar-refractivity contribution in [1.82, 2.24) is 19.6 Å². The molecule has 1 N–H and O–H groups in total. The lowest BCUT2D eigenvalue weighted by Crippen LogP contribution is -2.53. The molecule has 1 atom stereocenters. The molecule has 9 nitrogen and oxygen atoms in total. The molecular formula is C35H43ClF3N5O4. The minimum absolute atomic E-state index is 0.0590. The second kappa shape index (κ2) is 14.9. The summed E-state index contributed by atoms with van der Waals surface area (Å²) in [5.41, 5.74) is 1.30. The molecule has 260 valence electrons. The van der Waals surface area contributed by atoms with Crippen LogP contribution in [0.3, 0.4) is 0 Å². The van der Waals surface area contributed by atoms with Gasteiger partial charge in [0.05, 0.1) is 10.6 Å². The molecule has 3 fully saturated rings. The highest BCUT2D eigenvalue weighted by molar-refractivity contribution is 6.31. The maximum Gasteiger partial charge on any atom is 0.417 e. The minimum Gasteiger partial charge on any atom is -0.436 e. The van der Waals surface area contributed by atoms with E-state index in [1.807, 2.05) is 29.2 Å². The summed E-state index contributed by atoms with van der Waals surface area (Å²) in [4.78, 5) is 48.0. The normalized spacial score (nSPS) is 20.9. The maximum absolute atomic E-state index is 13.9. The van der Waals surface area contributed by atoms with Crippen LogP contribution in [-0.4, -0.2) is 102 Å². The number of carbonyl (C=O) groups is 3. The van der Waals surface area contributed by atoms with Crippen molar-refractivity contribution in [2.24, 2.45) is 0 Å². The summed E-state index contributed by atoms with van der Waals surface area (Å²) in [6.45, 7) is 4.44. The van der Waals surface area contributed by atoms with E-state index in [9.17, 15) is 27.6 Å². The van der Waals surface area contributed by atoms with Crippen LogP contribution in [0.1, 0.15) is 61.6 Å². The van der Waals surface area contributed by atoms with Crippen LogP contribution in [0.4, 0.5) is 28.4 Å². The van der Waals surface area contributed by atoms with Crippen molar-refractivity contribution < 1.29 is 32.3 Å². The lowest BCUT2D eigenvalue weighted by Gasteiger charge is -2.41. The van der Waals surface area contributed by atoms with Crippen LogP contribution in [0.25, 0.3) is 0 Å². The molecule has 4 heterocycles. The van der Waals surface area contributed by atoms with Crippen molar-refractivity contribution in [1.29, 1.82) is 0 Å². The van der Waals surface area contributed by atoms with Crippen molar-refractivity contribution in [3.63, 3.8) is 0 Å². The molecular weight excluding hydrogens is 647 g/mol. The summed E-state index contributed by atoms with van der Waals surface area (Å²) >= 11 is 6.00. The van der Waals surface area contributed by atoms with Gasteiger partial charge in [-0.15, -0.1) is 0 Å².